The maximum atomic E-state index is 4.38. The molecule has 0 N–H and O–H groups in total. The first kappa shape index (κ1) is 14.6. The zero-order valence-corrected chi connectivity index (χ0v) is 11.1. The summed E-state index contributed by atoms with van der Waals surface area (Å²) in [4.78, 5) is 4.38. The molecule has 88 valence electrons. The first-order chi connectivity index (χ1) is 7.77. The Labute approximate surface area is 99.5 Å². The zero-order valence-electron chi connectivity index (χ0n) is 11.1. The molecule has 0 saturated carbocycles. The number of para-hydroxylation sites is 1. The van der Waals surface area contributed by atoms with Gasteiger partial charge in [0.1, 0.15) is 0 Å². The van der Waals surface area contributed by atoms with Crippen molar-refractivity contribution in [1.82, 2.24) is 4.98 Å². The van der Waals surface area contributed by atoms with Gasteiger partial charge in [0.05, 0.1) is 5.52 Å². The molecule has 1 nitrogen and oxygen atoms in total. The van der Waals surface area contributed by atoms with Crippen LogP contribution in [0, 0.1) is 6.92 Å². The van der Waals surface area contributed by atoms with Gasteiger partial charge in [0.2, 0.25) is 0 Å². The van der Waals surface area contributed by atoms with E-state index in [1.165, 1.54) is 11.8 Å². The third-order valence-electron chi connectivity index (χ3n) is 1.74. The molecule has 0 aliphatic carbocycles. The summed E-state index contributed by atoms with van der Waals surface area (Å²) in [5, 5.41) is 1.21. The van der Waals surface area contributed by atoms with Gasteiger partial charge in [-0.15, -0.1) is 0 Å². The van der Waals surface area contributed by atoms with Crippen molar-refractivity contribution in [2.75, 3.05) is 0 Å². The molecule has 0 amide bonds. The Morgan fingerprint density at radius 2 is 1.50 bits per heavy atom. The topological polar surface area (TPSA) is 12.9 Å². The van der Waals surface area contributed by atoms with Crippen LogP contribution < -0.4 is 0 Å². The van der Waals surface area contributed by atoms with Gasteiger partial charge in [-0.3, -0.25) is 4.98 Å². The molecule has 0 spiro atoms. The van der Waals surface area contributed by atoms with Gasteiger partial charge in [-0.05, 0) is 19.1 Å². The molecule has 0 aliphatic rings. The van der Waals surface area contributed by atoms with Crippen LogP contribution in [0.3, 0.4) is 0 Å². The van der Waals surface area contributed by atoms with Crippen molar-refractivity contribution in [3.8, 4) is 0 Å². The quantitative estimate of drug-likeness (QED) is 0.606. The van der Waals surface area contributed by atoms with E-state index in [2.05, 4.69) is 31.0 Å². The molecule has 0 atom stereocenters. The molecule has 1 heteroatoms. The molecule has 0 saturated heterocycles. The van der Waals surface area contributed by atoms with Crippen LogP contribution in [0.15, 0.2) is 36.4 Å². The van der Waals surface area contributed by atoms with E-state index in [9.17, 15) is 0 Å². The number of hydrogen-bond donors (Lipinski definition) is 0. The van der Waals surface area contributed by atoms with E-state index in [-0.39, 0.29) is 0 Å². The summed E-state index contributed by atoms with van der Waals surface area (Å²) in [7, 11) is 0. The smallest absolute Gasteiger partial charge is 0.0705 e. The Kier molecular flexibility index (Phi) is 8.14. The van der Waals surface area contributed by atoms with Crippen LogP contribution >= 0.6 is 0 Å². The van der Waals surface area contributed by atoms with Crippen LogP contribution in [0.1, 0.15) is 39.8 Å². The SMILES string of the molecule is CC.CCC.Cc1ccc2ccccc2n1. The lowest BCUT2D eigenvalue weighted by atomic mass is 10.2. The highest BCUT2D eigenvalue weighted by Gasteiger charge is 1.90. The van der Waals surface area contributed by atoms with Crippen LogP contribution in [0.4, 0.5) is 0 Å². The number of aromatic nitrogens is 1. The Hall–Kier alpha value is -1.37. The van der Waals surface area contributed by atoms with Crippen molar-refractivity contribution in [3.05, 3.63) is 42.1 Å². The average molecular weight is 217 g/mol. The average Bonchev–Trinajstić information content (AvgIpc) is 2.32. The number of pyridine rings is 1. The summed E-state index contributed by atoms with van der Waals surface area (Å²) >= 11 is 0. The van der Waals surface area contributed by atoms with Crippen LogP contribution in [0.25, 0.3) is 10.9 Å². The van der Waals surface area contributed by atoms with Crippen molar-refractivity contribution in [1.29, 1.82) is 0 Å². The molecule has 1 aromatic heterocycles. The third-order valence-corrected chi connectivity index (χ3v) is 1.74. The van der Waals surface area contributed by atoms with E-state index >= 15 is 0 Å². The number of rotatable bonds is 0. The van der Waals surface area contributed by atoms with Gasteiger partial charge in [-0.2, -0.15) is 0 Å². The zero-order chi connectivity index (χ0) is 12.4. The predicted octanol–water partition coefficient (Wildman–Crippen LogP) is 4.99. The molecule has 1 heterocycles. The minimum Gasteiger partial charge on any atom is -0.253 e. The number of aryl methyl sites for hydroxylation is 1. The van der Waals surface area contributed by atoms with Crippen LogP contribution in [0.2, 0.25) is 0 Å². The molecule has 2 aromatic rings. The minimum absolute atomic E-state index is 1.07. The van der Waals surface area contributed by atoms with E-state index < -0.39 is 0 Å². The summed E-state index contributed by atoms with van der Waals surface area (Å²) in [5.74, 6) is 0. The Morgan fingerprint density at radius 1 is 0.938 bits per heavy atom. The van der Waals surface area contributed by atoms with Crippen LogP contribution in [0.5, 0.6) is 0 Å². The first-order valence-corrected chi connectivity index (χ1v) is 6.10. The van der Waals surface area contributed by atoms with Gasteiger partial charge in [0.15, 0.2) is 0 Å². The van der Waals surface area contributed by atoms with E-state index in [1.54, 1.807) is 0 Å². The first-order valence-electron chi connectivity index (χ1n) is 6.10. The standard InChI is InChI=1S/C10H9N.C3H8.C2H6/c1-8-6-7-9-4-2-3-5-10(9)11-8;1-3-2;1-2/h2-7H,1H3;3H2,1-2H3;1-2H3. The van der Waals surface area contributed by atoms with Gasteiger partial charge in [-0.25, -0.2) is 0 Å². The number of benzene rings is 1. The maximum absolute atomic E-state index is 4.38. The van der Waals surface area contributed by atoms with Crippen molar-refractivity contribution in [3.63, 3.8) is 0 Å². The van der Waals surface area contributed by atoms with Crippen LogP contribution in [-0.2, 0) is 0 Å². The minimum atomic E-state index is 1.07. The second kappa shape index (κ2) is 8.90. The highest BCUT2D eigenvalue weighted by Crippen LogP contribution is 2.10. The summed E-state index contributed by atoms with van der Waals surface area (Å²) in [5.41, 5.74) is 2.15. The highest BCUT2D eigenvalue weighted by molar-refractivity contribution is 5.78. The largest absolute Gasteiger partial charge is 0.253 e. The lowest BCUT2D eigenvalue weighted by Gasteiger charge is -1.95. The molecule has 16 heavy (non-hydrogen) atoms. The van der Waals surface area contributed by atoms with Crippen molar-refractivity contribution >= 4 is 10.9 Å². The fraction of sp³-hybridized carbons (Fsp3) is 0.400. The molecule has 0 unspecified atom stereocenters. The van der Waals surface area contributed by atoms with Crippen molar-refractivity contribution in [2.45, 2.75) is 41.0 Å². The Morgan fingerprint density at radius 3 is 2.12 bits per heavy atom. The van der Waals surface area contributed by atoms with Gasteiger partial charge < -0.3 is 0 Å². The van der Waals surface area contributed by atoms with Gasteiger partial charge in [0, 0.05) is 11.1 Å². The molecule has 0 bridgehead atoms. The lowest BCUT2D eigenvalue weighted by Crippen LogP contribution is -1.80. The second-order valence-electron chi connectivity index (χ2n) is 3.35. The molecule has 0 aliphatic heterocycles. The fourth-order valence-electron chi connectivity index (χ4n) is 1.17. The van der Waals surface area contributed by atoms with Crippen molar-refractivity contribution in [2.24, 2.45) is 0 Å². The second-order valence-corrected chi connectivity index (χ2v) is 3.35. The van der Waals surface area contributed by atoms with Crippen molar-refractivity contribution < 1.29 is 0 Å². The molecule has 0 fully saturated rings. The van der Waals surface area contributed by atoms with E-state index in [0.717, 1.165) is 11.2 Å². The third kappa shape index (κ3) is 4.92. The summed E-state index contributed by atoms with van der Waals surface area (Å²) in [6.45, 7) is 10.3. The number of nitrogens with zero attached hydrogens (tertiary/aromatic N) is 1. The van der Waals surface area contributed by atoms with Gasteiger partial charge >= 0.3 is 0 Å². The predicted molar refractivity (Wildman–Crippen MR) is 73.8 cm³/mol. The van der Waals surface area contributed by atoms with Gasteiger partial charge in [-0.1, -0.05) is 58.4 Å². The number of fused-ring (bicyclic) bond motifs is 1. The molecular weight excluding hydrogens is 194 g/mol. The van der Waals surface area contributed by atoms with Gasteiger partial charge in [0.25, 0.3) is 0 Å². The molecule has 0 radical (unpaired) electrons. The Bertz CT molecular complexity index is 393. The molecule has 2 rings (SSSR count). The monoisotopic (exact) mass is 217 g/mol. The summed E-state index contributed by atoms with van der Waals surface area (Å²) in [6, 6.07) is 12.3. The van der Waals surface area contributed by atoms with E-state index in [4.69, 9.17) is 0 Å². The lowest BCUT2D eigenvalue weighted by molar-refractivity contribution is 1.09. The summed E-state index contributed by atoms with van der Waals surface area (Å²) in [6.07, 6.45) is 1.25. The molecular formula is C15H23N. The summed E-state index contributed by atoms with van der Waals surface area (Å²) < 4.78 is 0. The van der Waals surface area contributed by atoms with E-state index in [1.807, 2.05) is 45.0 Å². The number of hydrogen-bond acceptors (Lipinski definition) is 1. The van der Waals surface area contributed by atoms with Crippen LogP contribution in [-0.4, -0.2) is 4.98 Å². The Balaban J connectivity index is 0.000000394. The normalized spacial score (nSPS) is 8.56. The fourth-order valence-corrected chi connectivity index (χ4v) is 1.17. The molecule has 1 aromatic carbocycles. The highest BCUT2D eigenvalue weighted by atomic mass is 14.7. The van der Waals surface area contributed by atoms with E-state index in [0.29, 0.717) is 0 Å². The maximum Gasteiger partial charge on any atom is 0.0705 e.